The Hall–Kier alpha value is -4.20. The van der Waals surface area contributed by atoms with E-state index in [1.807, 2.05) is 0 Å². The molecular weight excluding hydrogens is 427 g/mol. The number of methoxy groups -OCH3 is 1. The van der Waals surface area contributed by atoms with E-state index in [0.717, 1.165) is 0 Å². The zero-order valence-electron chi connectivity index (χ0n) is 18.0. The van der Waals surface area contributed by atoms with Crippen LogP contribution in [0.5, 0.6) is 11.5 Å². The molecule has 0 aliphatic rings. The number of halogens is 1. The Morgan fingerprint density at radius 1 is 0.879 bits per heavy atom. The minimum absolute atomic E-state index is 0.107. The normalized spacial score (nSPS) is 10.2. The van der Waals surface area contributed by atoms with E-state index in [4.69, 9.17) is 9.47 Å². The summed E-state index contributed by atoms with van der Waals surface area (Å²) >= 11 is 0. The zero-order valence-corrected chi connectivity index (χ0v) is 18.0. The molecule has 0 fully saturated rings. The monoisotopic (exact) mass is 450 g/mol. The van der Waals surface area contributed by atoms with Gasteiger partial charge in [0.05, 0.1) is 12.7 Å². The highest BCUT2D eigenvalue weighted by atomic mass is 19.1. The molecule has 0 aliphatic carbocycles. The van der Waals surface area contributed by atoms with Gasteiger partial charge in [0.2, 0.25) is 0 Å². The average Bonchev–Trinajstić information content (AvgIpc) is 2.83. The molecule has 0 atom stereocenters. The first-order chi connectivity index (χ1) is 16.0. The summed E-state index contributed by atoms with van der Waals surface area (Å²) in [5.74, 6) is -0.716. The topological polar surface area (TPSA) is 93.7 Å². The second-order valence-electron chi connectivity index (χ2n) is 7.02. The summed E-state index contributed by atoms with van der Waals surface area (Å²) in [5.41, 5.74) is 1.29. The second kappa shape index (κ2) is 11.4. The Kier molecular flexibility index (Phi) is 8.13. The molecule has 0 aromatic heterocycles. The number of anilines is 1. The number of hydrogen-bond donors (Lipinski definition) is 2. The Bertz CT molecular complexity index is 1110. The molecule has 0 radical (unpaired) electrons. The van der Waals surface area contributed by atoms with E-state index in [1.54, 1.807) is 48.5 Å². The second-order valence-corrected chi connectivity index (χ2v) is 7.02. The predicted octanol–water partition coefficient (Wildman–Crippen LogP) is 4.20. The number of nitrogens with one attached hydrogen (secondary N) is 2. The first-order valence-electron chi connectivity index (χ1n) is 10.2. The van der Waals surface area contributed by atoms with Gasteiger partial charge in [0.15, 0.2) is 0 Å². The van der Waals surface area contributed by atoms with E-state index in [1.165, 1.54) is 31.4 Å². The number of hydrogen-bond acceptors (Lipinski definition) is 5. The first kappa shape index (κ1) is 23.5. The summed E-state index contributed by atoms with van der Waals surface area (Å²) in [7, 11) is 1.49. The van der Waals surface area contributed by atoms with Crippen LogP contribution in [-0.2, 0) is 4.79 Å². The molecule has 0 aliphatic heterocycles. The molecule has 2 amide bonds. The molecule has 7 nitrogen and oxygen atoms in total. The molecular formula is C25H23FN2O5. The van der Waals surface area contributed by atoms with Gasteiger partial charge in [-0.05, 0) is 67.1 Å². The molecule has 0 bridgehead atoms. The molecule has 3 aromatic carbocycles. The van der Waals surface area contributed by atoms with Gasteiger partial charge in [-0.15, -0.1) is 0 Å². The summed E-state index contributed by atoms with van der Waals surface area (Å²) in [6, 6.07) is 18.5. The quantitative estimate of drug-likeness (QED) is 0.290. The summed E-state index contributed by atoms with van der Waals surface area (Å²) in [4.78, 5) is 36.4. The Balaban J connectivity index is 1.42. The van der Waals surface area contributed by atoms with Gasteiger partial charge in [0.1, 0.15) is 17.3 Å². The predicted molar refractivity (Wildman–Crippen MR) is 121 cm³/mol. The third-order valence-corrected chi connectivity index (χ3v) is 4.65. The molecule has 0 heterocycles. The smallest absolute Gasteiger partial charge is 0.311 e. The molecule has 0 saturated heterocycles. The molecule has 2 N–H and O–H groups in total. The van der Waals surface area contributed by atoms with Crippen molar-refractivity contribution in [2.24, 2.45) is 0 Å². The van der Waals surface area contributed by atoms with Crippen molar-refractivity contribution in [1.82, 2.24) is 5.32 Å². The Morgan fingerprint density at radius 2 is 1.58 bits per heavy atom. The lowest BCUT2D eigenvalue weighted by molar-refractivity contribution is -0.134. The molecule has 0 unspecified atom stereocenters. The number of carbonyl (C=O) groups excluding carboxylic acids is 3. The highest BCUT2D eigenvalue weighted by Crippen LogP contribution is 2.21. The maximum Gasteiger partial charge on any atom is 0.311 e. The lowest BCUT2D eigenvalue weighted by Crippen LogP contribution is -2.25. The number of ether oxygens (including phenoxy) is 2. The highest BCUT2D eigenvalue weighted by molar-refractivity contribution is 6.06. The largest absolute Gasteiger partial charge is 0.496 e. The Morgan fingerprint density at radius 3 is 2.27 bits per heavy atom. The van der Waals surface area contributed by atoms with Gasteiger partial charge in [-0.3, -0.25) is 14.4 Å². The van der Waals surface area contributed by atoms with Crippen LogP contribution in [0.15, 0.2) is 72.8 Å². The van der Waals surface area contributed by atoms with E-state index in [0.29, 0.717) is 34.7 Å². The number of esters is 1. The van der Waals surface area contributed by atoms with Gasteiger partial charge in [-0.2, -0.15) is 0 Å². The molecule has 8 heteroatoms. The van der Waals surface area contributed by atoms with E-state index >= 15 is 0 Å². The summed E-state index contributed by atoms with van der Waals surface area (Å²) in [6.07, 6.45) is 0.495. The third-order valence-electron chi connectivity index (χ3n) is 4.65. The lowest BCUT2D eigenvalue weighted by Gasteiger charge is -2.10. The van der Waals surface area contributed by atoms with E-state index in [9.17, 15) is 18.8 Å². The van der Waals surface area contributed by atoms with Gasteiger partial charge in [0.25, 0.3) is 11.8 Å². The van der Waals surface area contributed by atoms with Crippen LogP contribution in [0.25, 0.3) is 0 Å². The average molecular weight is 450 g/mol. The minimum atomic E-state index is -0.447. The van der Waals surface area contributed by atoms with E-state index in [2.05, 4.69) is 10.6 Å². The molecule has 0 spiro atoms. The van der Waals surface area contributed by atoms with Crippen LogP contribution in [-0.4, -0.2) is 31.4 Å². The van der Waals surface area contributed by atoms with Crippen molar-refractivity contribution in [2.75, 3.05) is 19.0 Å². The van der Waals surface area contributed by atoms with Crippen molar-refractivity contribution < 1.29 is 28.2 Å². The number of para-hydroxylation sites is 1. The molecule has 170 valence electrons. The fourth-order valence-corrected chi connectivity index (χ4v) is 2.96. The lowest BCUT2D eigenvalue weighted by atomic mass is 10.2. The summed E-state index contributed by atoms with van der Waals surface area (Å²) in [5, 5.41) is 5.43. The van der Waals surface area contributed by atoms with E-state index in [-0.39, 0.29) is 24.8 Å². The van der Waals surface area contributed by atoms with Crippen LogP contribution in [0.3, 0.4) is 0 Å². The van der Waals surface area contributed by atoms with Crippen LogP contribution >= 0.6 is 0 Å². The molecule has 3 aromatic rings. The third kappa shape index (κ3) is 6.90. The van der Waals surface area contributed by atoms with Crippen LogP contribution < -0.4 is 20.1 Å². The molecule has 0 saturated carbocycles. The fourth-order valence-electron chi connectivity index (χ4n) is 2.96. The maximum atomic E-state index is 12.9. The number of amides is 2. The van der Waals surface area contributed by atoms with Crippen LogP contribution in [0.2, 0.25) is 0 Å². The summed E-state index contributed by atoms with van der Waals surface area (Å²) in [6.45, 7) is 0.277. The Labute approximate surface area is 190 Å². The molecule has 3 rings (SSSR count). The SMILES string of the molecule is COc1ccccc1C(=O)Nc1ccc(OC(=O)CCCNC(=O)c2ccc(F)cc2)cc1. The van der Waals surface area contributed by atoms with Crippen molar-refractivity contribution in [1.29, 1.82) is 0 Å². The fraction of sp³-hybridized carbons (Fsp3) is 0.160. The number of benzene rings is 3. The van der Waals surface area contributed by atoms with Crippen molar-refractivity contribution in [2.45, 2.75) is 12.8 Å². The van der Waals surface area contributed by atoms with Gasteiger partial charge in [0, 0.05) is 24.2 Å². The van der Waals surface area contributed by atoms with E-state index < -0.39 is 11.8 Å². The highest BCUT2D eigenvalue weighted by Gasteiger charge is 2.12. The first-order valence-corrected chi connectivity index (χ1v) is 10.2. The molecule has 33 heavy (non-hydrogen) atoms. The maximum absolute atomic E-state index is 12.9. The number of rotatable bonds is 9. The zero-order chi connectivity index (χ0) is 23.6. The van der Waals surface area contributed by atoms with Crippen LogP contribution in [0.4, 0.5) is 10.1 Å². The van der Waals surface area contributed by atoms with Crippen LogP contribution in [0, 0.1) is 5.82 Å². The van der Waals surface area contributed by atoms with Gasteiger partial charge < -0.3 is 20.1 Å². The standard InChI is InChI=1S/C25H23FN2O5/c1-32-22-6-3-2-5-21(22)25(31)28-19-12-14-20(15-13-19)33-23(29)7-4-16-27-24(30)17-8-10-18(26)11-9-17/h2-3,5-6,8-15H,4,7,16H2,1H3,(H,27,30)(H,28,31). The summed E-state index contributed by atoms with van der Waals surface area (Å²) < 4.78 is 23.4. The van der Waals surface area contributed by atoms with Gasteiger partial charge in [-0.25, -0.2) is 4.39 Å². The van der Waals surface area contributed by atoms with Gasteiger partial charge >= 0.3 is 5.97 Å². The van der Waals surface area contributed by atoms with Gasteiger partial charge in [-0.1, -0.05) is 12.1 Å². The van der Waals surface area contributed by atoms with Crippen molar-refractivity contribution in [3.05, 3.63) is 89.7 Å². The minimum Gasteiger partial charge on any atom is -0.496 e. The van der Waals surface area contributed by atoms with Crippen molar-refractivity contribution in [3.8, 4) is 11.5 Å². The van der Waals surface area contributed by atoms with Crippen LogP contribution in [0.1, 0.15) is 33.6 Å². The number of carbonyl (C=O) groups is 3. The van der Waals surface area contributed by atoms with Crippen molar-refractivity contribution in [3.63, 3.8) is 0 Å². The van der Waals surface area contributed by atoms with Crippen molar-refractivity contribution >= 4 is 23.5 Å².